The van der Waals surface area contributed by atoms with Gasteiger partial charge in [-0.2, -0.15) is 0 Å². The molecule has 140 valence electrons. The number of nitrogens with zero attached hydrogens (tertiary/aromatic N) is 2. The van der Waals surface area contributed by atoms with E-state index in [1.54, 1.807) is 11.8 Å². The maximum Gasteiger partial charge on any atom is 0.221 e. The zero-order valence-electron chi connectivity index (χ0n) is 15.4. The minimum Gasteiger partial charge on any atom is -0.437 e. The predicted octanol–water partition coefficient (Wildman–Crippen LogP) is 5.59. The second-order valence-electron chi connectivity index (χ2n) is 6.73. The van der Waals surface area contributed by atoms with Crippen LogP contribution in [-0.4, -0.2) is 37.1 Å². The Morgan fingerprint density at radius 1 is 1.11 bits per heavy atom. The van der Waals surface area contributed by atoms with E-state index in [4.69, 9.17) is 25.7 Å². The minimum absolute atomic E-state index is 0.367. The average Bonchev–Trinajstić information content (AvgIpc) is 3.02. The molecule has 0 bridgehead atoms. The van der Waals surface area contributed by atoms with Gasteiger partial charge in [-0.15, -0.1) is 0 Å². The van der Waals surface area contributed by atoms with Crippen molar-refractivity contribution in [1.29, 1.82) is 0 Å². The van der Waals surface area contributed by atoms with Crippen LogP contribution in [0.25, 0.3) is 22.6 Å². The molecule has 3 aromatic rings. The molecule has 1 aromatic heterocycles. The van der Waals surface area contributed by atoms with Crippen molar-refractivity contribution < 1.29 is 9.15 Å². The van der Waals surface area contributed by atoms with E-state index >= 15 is 0 Å². The molecule has 0 N–H and O–H groups in total. The number of oxazole rings is 1. The summed E-state index contributed by atoms with van der Waals surface area (Å²) in [6, 6.07) is 14.1. The van der Waals surface area contributed by atoms with Crippen molar-refractivity contribution in [2.75, 3.05) is 27.2 Å². The zero-order valence-corrected chi connectivity index (χ0v) is 16.9. The van der Waals surface area contributed by atoms with Gasteiger partial charge in [0.15, 0.2) is 5.76 Å². The van der Waals surface area contributed by atoms with E-state index in [0.29, 0.717) is 24.1 Å². The molecule has 4 nitrogen and oxygen atoms in total. The summed E-state index contributed by atoms with van der Waals surface area (Å²) < 4.78 is 11.9. The van der Waals surface area contributed by atoms with Crippen LogP contribution in [0, 0.1) is 0 Å². The molecule has 2 heterocycles. The second kappa shape index (κ2) is 8.07. The Kier molecular flexibility index (Phi) is 5.55. The Bertz CT molecular complexity index is 955. The van der Waals surface area contributed by atoms with Gasteiger partial charge in [0.2, 0.25) is 5.89 Å². The topological polar surface area (TPSA) is 38.5 Å². The molecule has 0 aliphatic carbocycles. The van der Waals surface area contributed by atoms with Crippen LogP contribution in [0.15, 0.2) is 56.7 Å². The van der Waals surface area contributed by atoms with Gasteiger partial charge in [-0.1, -0.05) is 41.6 Å². The molecule has 0 radical (unpaired) electrons. The summed E-state index contributed by atoms with van der Waals surface area (Å²) in [4.78, 5) is 9.17. The highest BCUT2D eigenvalue weighted by molar-refractivity contribution is 7.99. The number of fused-ring (bicyclic) bond motifs is 5. The van der Waals surface area contributed by atoms with Gasteiger partial charge in [0.1, 0.15) is 12.3 Å². The average molecular weight is 401 g/mol. The van der Waals surface area contributed by atoms with E-state index in [0.717, 1.165) is 45.3 Å². The number of hydrogen-bond donors (Lipinski definition) is 0. The van der Waals surface area contributed by atoms with Crippen LogP contribution in [0.4, 0.5) is 0 Å². The standard InChI is InChI=1S/C21H21ClN2O2S/c1-24(2)10-5-11-25-13-19-23-20-16-12-14(22)8-9-18(16)27-17-7-4-3-6-15(17)21(20)26-19/h3-4,6-9,12H,5,10-11,13H2,1-2H3. The first-order valence-corrected chi connectivity index (χ1v) is 10.1. The summed E-state index contributed by atoms with van der Waals surface area (Å²) in [6.07, 6.45) is 0.978. The molecule has 0 fully saturated rings. The normalized spacial score (nSPS) is 12.4. The smallest absolute Gasteiger partial charge is 0.221 e. The van der Waals surface area contributed by atoms with Crippen LogP contribution in [0.3, 0.4) is 0 Å². The van der Waals surface area contributed by atoms with E-state index in [9.17, 15) is 0 Å². The zero-order chi connectivity index (χ0) is 18.8. The molecular weight excluding hydrogens is 380 g/mol. The third-order valence-corrected chi connectivity index (χ3v) is 5.73. The lowest BCUT2D eigenvalue weighted by Gasteiger charge is -2.08. The Labute approximate surface area is 168 Å². The Morgan fingerprint density at radius 2 is 1.93 bits per heavy atom. The third-order valence-electron chi connectivity index (χ3n) is 4.34. The highest BCUT2D eigenvalue weighted by Gasteiger charge is 2.25. The van der Waals surface area contributed by atoms with Gasteiger partial charge in [-0.3, -0.25) is 0 Å². The lowest BCUT2D eigenvalue weighted by Crippen LogP contribution is -2.14. The molecule has 0 amide bonds. The first-order valence-electron chi connectivity index (χ1n) is 8.91. The first kappa shape index (κ1) is 18.6. The Morgan fingerprint density at radius 3 is 2.78 bits per heavy atom. The largest absolute Gasteiger partial charge is 0.437 e. The molecule has 0 unspecified atom stereocenters. The van der Waals surface area contributed by atoms with Crippen LogP contribution < -0.4 is 0 Å². The fourth-order valence-corrected chi connectivity index (χ4v) is 4.30. The van der Waals surface area contributed by atoms with E-state index < -0.39 is 0 Å². The fourth-order valence-electron chi connectivity index (χ4n) is 3.07. The van der Waals surface area contributed by atoms with Crippen molar-refractivity contribution in [3.8, 4) is 22.6 Å². The first-order chi connectivity index (χ1) is 13.1. The summed E-state index contributed by atoms with van der Waals surface area (Å²) in [5.74, 6) is 1.38. The fraction of sp³-hybridized carbons (Fsp3) is 0.286. The molecule has 0 saturated carbocycles. The summed E-state index contributed by atoms with van der Waals surface area (Å²) >= 11 is 7.97. The number of rotatable bonds is 6. The van der Waals surface area contributed by atoms with Crippen LogP contribution in [0.1, 0.15) is 12.3 Å². The van der Waals surface area contributed by atoms with Crippen molar-refractivity contribution in [2.45, 2.75) is 22.8 Å². The van der Waals surface area contributed by atoms with Crippen LogP contribution in [0.5, 0.6) is 0 Å². The van der Waals surface area contributed by atoms with Crippen molar-refractivity contribution in [2.24, 2.45) is 0 Å². The Balaban J connectivity index is 1.65. The highest BCUT2D eigenvalue weighted by atomic mass is 35.5. The number of aromatic nitrogens is 1. The minimum atomic E-state index is 0.367. The van der Waals surface area contributed by atoms with Gasteiger partial charge < -0.3 is 14.1 Å². The molecule has 0 saturated heterocycles. The third kappa shape index (κ3) is 4.06. The number of ether oxygens (including phenoxy) is 1. The van der Waals surface area contributed by atoms with Crippen molar-refractivity contribution in [3.63, 3.8) is 0 Å². The molecule has 1 aliphatic rings. The molecule has 0 atom stereocenters. The quantitative estimate of drug-likeness (QED) is 0.394. The van der Waals surface area contributed by atoms with Crippen molar-refractivity contribution >= 4 is 23.4 Å². The van der Waals surface area contributed by atoms with Gasteiger partial charge in [-0.25, -0.2) is 4.98 Å². The number of hydrogen-bond acceptors (Lipinski definition) is 5. The van der Waals surface area contributed by atoms with Crippen molar-refractivity contribution in [1.82, 2.24) is 9.88 Å². The molecule has 27 heavy (non-hydrogen) atoms. The molecular formula is C21H21ClN2O2S. The SMILES string of the molecule is CN(C)CCCOCc1nc2c(o1)-c1ccccc1Sc1ccc(Cl)cc1-2. The highest BCUT2D eigenvalue weighted by Crippen LogP contribution is 2.48. The summed E-state index contributed by atoms with van der Waals surface area (Å²) in [5.41, 5.74) is 2.88. The molecule has 0 spiro atoms. The van der Waals surface area contributed by atoms with Crippen molar-refractivity contribution in [3.05, 3.63) is 53.4 Å². The maximum atomic E-state index is 6.26. The molecule has 1 aliphatic heterocycles. The summed E-state index contributed by atoms with van der Waals surface area (Å²) in [7, 11) is 4.12. The van der Waals surface area contributed by atoms with E-state index in [-0.39, 0.29) is 0 Å². The molecule has 4 rings (SSSR count). The second-order valence-corrected chi connectivity index (χ2v) is 8.25. The summed E-state index contributed by atoms with van der Waals surface area (Å²) in [6.45, 7) is 2.05. The van der Waals surface area contributed by atoms with E-state index in [2.05, 4.69) is 31.1 Å². The van der Waals surface area contributed by atoms with E-state index in [1.165, 1.54) is 0 Å². The number of benzene rings is 2. The van der Waals surface area contributed by atoms with Gasteiger partial charge in [0, 0.05) is 32.5 Å². The maximum absolute atomic E-state index is 6.26. The lowest BCUT2D eigenvalue weighted by molar-refractivity contribution is 0.0965. The van der Waals surface area contributed by atoms with Gasteiger partial charge in [0.05, 0.1) is 0 Å². The van der Waals surface area contributed by atoms with Gasteiger partial charge >= 0.3 is 0 Å². The van der Waals surface area contributed by atoms with Gasteiger partial charge in [0.25, 0.3) is 0 Å². The lowest BCUT2D eigenvalue weighted by atomic mass is 10.1. The monoisotopic (exact) mass is 400 g/mol. The van der Waals surface area contributed by atoms with Crippen LogP contribution >= 0.6 is 23.4 Å². The van der Waals surface area contributed by atoms with Gasteiger partial charge in [-0.05, 0) is 51.3 Å². The molecule has 2 aromatic carbocycles. The predicted molar refractivity (Wildman–Crippen MR) is 109 cm³/mol. The Hall–Kier alpha value is -1.79. The van der Waals surface area contributed by atoms with Crippen LogP contribution in [-0.2, 0) is 11.3 Å². The summed E-state index contributed by atoms with van der Waals surface area (Å²) in [5, 5.41) is 0.691. The van der Waals surface area contributed by atoms with E-state index in [1.807, 2.05) is 30.3 Å². The van der Waals surface area contributed by atoms with Crippen LogP contribution in [0.2, 0.25) is 5.02 Å². The molecule has 6 heteroatoms. The number of halogens is 1.